The van der Waals surface area contributed by atoms with Gasteiger partial charge in [0.05, 0.1) is 12.2 Å². The second kappa shape index (κ2) is 6.42. The Morgan fingerprint density at radius 2 is 1.95 bits per heavy atom. The second-order valence-corrected chi connectivity index (χ2v) is 6.11. The third-order valence-electron chi connectivity index (χ3n) is 2.95. The van der Waals surface area contributed by atoms with Crippen LogP contribution in [-0.4, -0.2) is 18.3 Å². The zero-order valence-electron chi connectivity index (χ0n) is 12.5. The van der Waals surface area contributed by atoms with Gasteiger partial charge in [-0.25, -0.2) is 0 Å². The van der Waals surface area contributed by atoms with Gasteiger partial charge in [0.15, 0.2) is 5.78 Å². The van der Waals surface area contributed by atoms with E-state index >= 15 is 0 Å². The lowest BCUT2D eigenvalue weighted by atomic mass is 9.83. The van der Waals surface area contributed by atoms with E-state index in [0.29, 0.717) is 24.5 Å². The molecule has 0 radical (unpaired) electrons. The van der Waals surface area contributed by atoms with Gasteiger partial charge in [0.1, 0.15) is 5.75 Å². The summed E-state index contributed by atoms with van der Waals surface area (Å²) in [6.45, 7) is 10.9. The molecule has 0 unspecified atom stereocenters. The van der Waals surface area contributed by atoms with Crippen molar-refractivity contribution in [2.45, 2.75) is 46.5 Å². The maximum absolute atomic E-state index is 12.2. The summed E-state index contributed by atoms with van der Waals surface area (Å²) in [6, 6.07) is 4.00. The molecule has 0 saturated heterocycles. The third-order valence-corrected chi connectivity index (χ3v) is 3.14. The van der Waals surface area contributed by atoms with Gasteiger partial charge in [-0.15, -0.1) is 11.6 Å². The number of ether oxygens (including phenoxy) is 1. The highest BCUT2D eigenvalue weighted by atomic mass is 35.5. The molecule has 0 amide bonds. The van der Waals surface area contributed by atoms with Gasteiger partial charge < -0.3 is 4.74 Å². The zero-order valence-corrected chi connectivity index (χ0v) is 13.2. The number of halogens is 1. The van der Waals surface area contributed by atoms with Crippen LogP contribution in [0.2, 0.25) is 0 Å². The lowest BCUT2D eigenvalue weighted by Gasteiger charge is -2.25. The highest BCUT2D eigenvalue weighted by Crippen LogP contribution is 2.36. The fraction of sp³-hybridized carbons (Fsp3) is 0.562. The van der Waals surface area contributed by atoms with Gasteiger partial charge in [-0.05, 0) is 30.9 Å². The minimum absolute atomic E-state index is 0.0488. The lowest BCUT2D eigenvalue weighted by Crippen LogP contribution is -2.17. The molecule has 0 aliphatic rings. The molecule has 0 spiro atoms. The number of hydrogen-bond acceptors (Lipinski definition) is 2. The van der Waals surface area contributed by atoms with Gasteiger partial charge in [0, 0.05) is 17.9 Å². The van der Waals surface area contributed by atoms with Crippen LogP contribution in [0.15, 0.2) is 12.1 Å². The maximum atomic E-state index is 12.2. The topological polar surface area (TPSA) is 26.3 Å². The monoisotopic (exact) mass is 282 g/mol. The van der Waals surface area contributed by atoms with E-state index in [1.54, 1.807) is 0 Å². The first-order valence-corrected chi connectivity index (χ1v) is 7.21. The van der Waals surface area contributed by atoms with Crippen molar-refractivity contribution in [3.63, 3.8) is 0 Å². The maximum Gasteiger partial charge on any atom is 0.167 e. The van der Waals surface area contributed by atoms with Gasteiger partial charge in [-0.1, -0.05) is 26.8 Å². The summed E-state index contributed by atoms with van der Waals surface area (Å²) in [4.78, 5) is 12.2. The van der Waals surface area contributed by atoms with E-state index in [-0.39, 0.29) is 11.2 Å². The molecule has 0 heterocycles. The molecule has 1 rings (SSSR count). The van der Waals surface area contributed by atoms with Gasteiger partial charge >= 0.3 is 0 Å². The number of carbonyl (C=O) groups excluding carboxylic acids is 1. The molecule has 0 aromatic heterocycles. The predicted octanol–water partition coefficient (Wildman–Crippen LogP) is 4.50. The average Bonchev–Trinajstić information content (AvgIpc) is 2.30. The van der Waals surface area contributed by atoms with Crippen LogP contribution in [0.25, 0.3) is 0 Å². The Hall–Kier alpha value is -1.02. The molecular weight excluding hydrogens is 260 g/mol. The van der Waals surface area contributed by atoms with Gasteiger partial charge in [0.25, 0.3) is 0 Å². The Kier molecular flexibility index (Phi) is 5.42. The smallest absolute Gasteiger partial charge is 0.167 e. The van der Waals surface area contributed by atoms with Gasteiger partial charge in [-0.3, -0.25) is 4.79 Å². The van der Waals surface area contributed by atoms with Crippen LogP contribution in [0, 0.1) is 6.92 Å². The van der Waals surface area contributed by atoms with Crippen LogP contribution in [-0.2, 0) is 5.41 Å². The van der Waals surface area contributed by atoms with E-state index in [2.05, 4.69) is 26.8 Å². The summed E-state index contributed by atoms with van der Waals surface area (Å²) in [7, 11) is 0. The van der Waals surface area contributed by atoms with E-state index in [0.717, 1.165) is 16.9 Å². The van der Waals surface area contributed by atoms with Gasteiger partial charge in [0.2, 0.25) is 0 Å². The Balaban J connectivity index is 3.44. The number of rotatable bonds is 5. The fourth-order valence-corrected chi connectivity index (χ4v) is 2.23. The van der Waals surface area contributed by atoms with Crippen LogP contribution in [0.1, 0.15) is 55.6 Å². The summed E-state index contributed by atoms with van der Waals surface area (Å²) < 4.78 is 5.75. The van der Waals surface area contributed by atoms with Gasteiger partial charge in [-0.2, -0.15) is 0 Å². The zero-order chi connectivity index (χ0) is 14.6. The van der Waals surface area contributed by atoms with Crippen molar-refractivity contribution in [2.24, 2.45) is 0 Å². The van der Waals surface area contributed by atoms with E-state index < -0.39 is 0 Å². The van der Waals surface area contributed by atoms with Crippen LogP contribution in [0.4, 0.5) is 0 Å². The molecule has 0 fully saturated rings. The van der Waals surface area contributed by atoms with E-state index in [4.69, 9.17) is 16.3 Å². The number of Topliss-reactive ketones (excluding diaryl/α,β-unsaturated/α-hetero) is 1. The second-order valence-electron chi connectivity index (χ2n) is 5.73. The van der Waals surface area contributed by atoms with Crippen molar-refractivity contribution in [1.29, 1.82) is 0 Å². The number of carbonyl (C=O) groups is 1. The van der Waals surface area contributed by atoms with E-state index in [9.17, 15) is 4.79 Å². The highest BCUT2D eigenvalue weighted by Gasteiger charge is 2.24. The Bertz CT molecular complexity index is 459. The number of alkyl halides is 1. The standard InChI is InChI=1S/C16H23ClO2/c1-6-19-15-12(14(18)7-8-17)9-11(2)10-13(15)16(3,4)5/h9-10H,6-8H2,1-5H3. The number of ketones is 1. The minimum Gasteiger partial charge on any atom is -0.493 e. The molecule has 19 heavy (non-hydrogen) atoms. The highest BCUT2D eigenvalue weighted by molar-refractivity contribution is 6.19. The molecule has 0 N–H and O–H groups in total. The van der Waals surface area contributed by atoms with Crippen molar-refractivity contribution < 1.29 is 9.53 Å². The average molecular weight is 283 g/mol. The molecule has 3 heteroatoms. The molecule has 0 atom stereocenters. The molecule has 1 aromatic carbocycles. The summed E-state index contributed by atoms with van der Waals surface area (Å²) >= 11 is 5.68. The van der Waals surface area contributed by atoms with Crippen LogP contribution >= 0.6 is 11.6 Å². The number of aryl methyl sites for hydroxylation is 1. The van der Waals surface area contributed by atoms with Crippen molar-refractivity contribution >= 4 is 17.4 Å². The SMILES string of the molecule is CCOc1c(C(=O)CCCl)cc(C)cc1C(C)(C)C. The Labute approximate surface area is 121 Å². The molecule has 0 aliphatic carbocycles. The van der Waals surface area contributed by atoms with Crippen molar-refractivity contribution in [3.05, 3.63) is 28.8 Å². The lowest BCUT2D eigenvalue weighted by molar-refractivity contribution is 0.0985. The largest absolute Gasteiger partial charge is 0.493 e. The van der Waals surface area contributed by atoms with Crippen molar-refractivity contribution in [3.8, 4) is 5.75 Å². The van der Waals surface area contributed by atoms with E-state index in [1.807, 2.05) is 19.9 Å². The molecule has 0 bridgehead atoms. The number of benzene rings is 1. The molecule has 0 saturated carbocycles. The molecule has 1 aromatic rings. The van der Waals surface area contributed by atoms with Crippen LogP contribution < -0.4 is 4.74 Å². The molecule has 0 aliphatic heterocycles. The predicted molar refractivity (Wildman–Crippen MR) is 80.7 cm³/mol. The molecule has 2 nitrogen and oxygen atoms in total. The Morgan fingerprint density at radius 1 is 1.32 bits per heavy atom. The first kappa shape index (κ1) is 16.0. The molecule has 106 valence electrons. The van der Waals surface area contributed by atoms with Crippen molar-refractivity contribution in [2.75, 3.05) is 12.5 Å². The van der Waals surface area contributed by atoms with Crippen LogP contribution in [0.3, 0.4) is 0 Å². The summed E-state index contributed by atoms with van der Waals surface area (Å²) in [5.41, 5.74) is 2.75. The Morgan fingerprint density at radius 3 is 2.42 bits per heavy atom. The van der Waals surface area contributed by atoms with E-state index in [1.165, 1.54) is 0 Å². The van der Waals surface area contributed by atoms with Crippen LogP contribution in [0.5, 0.6) is 5.75 Å². The summed E-state index contributed by atoms with van der Waals surface area (Å²) in [5, 5.41) is 0. The third kappa shape index (κ3) is 3.97. The number of hydrogen-bond donors (Lipinski definition) is 0. The summed E-state index contributed by atoms with van der Waals surface area (Å²) in [5.74, 6) is 1.10. The normalized spacial score (nSPS) is 11.5. The summed E-state index contributed by atoms with van der Waals surface area (Å²) in [6.07, 6.45) is 0.342. The quantitative estimate of drug-likeness (QED) is 0.587. The molecular formula is C16H23ClO2. The van der Waals surface area contributed by atoms with Crippen molar-refractivity contribution in [1.82, 2.24) is 0 Å². The fourth-order valence-electron chi connectivity index (χ4n) is 2.06. The first-order chi connectivity index (χ1) is 8.81. The minimum atomic E-state index is -0.0630. The first-order valence-electron chi connectivity index (χ1n) is 6.68.